The third-order valence-electron chi connectivity index (χ3n) is 18.1. The van der Waals surface area contributed by atoms with E-state index >= 15 is 0 Å². The lowest BCUT2D eigenvalue weighted by Gasteiger charge is -2.34. The molecule has 0 aliphatic carbocycles. The van der Waals surface area contributed by atoms with Crippen molar-refractivity contribution in [3.05, 3.63) is 0 Å². The second kappa shape index (κ2) is 21.7. The standard InChI is InChI=1S/C56B34/c57-23-19(50(84)53(87)51(85)20(23)22-44(78)40(74)17(41(75)45(22)79)9-7-3-4-14(35(69)26(7)60)46(80)52(86)47(81)15(4)37(71)36(70)13(3)34(68)28(9)62)21-42(76)38(72)16(39(73)43(21)77)8-5-1-2-6(25(59)31(65)11(1)32(66)27(8)61)10(29(63)33(67)12(2)30(64)24(5)58)18-48(82)54(88)56(90)55(89)49(18)83. The summed E-state index contributed by atoms with van der Waals surface area (Å²) in [4.78, 5) is 0. The lowest BCUT2D eigenvalue weighted by Crippen LogP contribution is -2.56. The molecule has 326 valence electrons. The largest absolute Gasteiger partial charge is 0.115 e. The van der Waals surface area contributed by atoms with Crippen LogP contribution in [0.2, 0.25) is 0 Å². The number of rotatable bonds is 5. The molecule has 12 aromatic carbocycles. The summed E-state index contributed by atoms with van der Waals surface area (Å²) in [6.45, 7) is 0. The highest BCUT2D eigenvalue weighted by Crippen LogP contribution is 2.37. The van der Waals surface area contributed by atoms with Crippen LogP contribution >= 0.6 is 0 Å². The van der Waals surface area contributed by atoms with Crippen molar-refractivity contribution < 1.29 is 0 Å². The van der Waals surface area contributed by atoms with E-state index in [-0.39, 0.29) is 301 Å². The fraction of sp³-hybridized carbons (Fsp3) is 0. The van der Waals surface area contributed by atoms with Crippen molar-refractivity contribution in [1.82, 2.24) is 0 Å². The minimum atomic E-state index is -0.309. The van der Waals surface area contributed by atoms with Crippen LogP contribution in [0, 0.1) is 0 Å². The highest BCUT2D eigenvalue weighted by Gasteiger charge is 2.32. The first kappa shape index (κ1) is 65.0. The third-order valence-corrected chi connectivity index (χ3v) is 18.1. The van der Waals surface area contributed by atoms with Gasteiger partial charge in [0.05, 0.1) is 0 Å². The van der Waals surface area contributed by atoms with Crippen molar-refractivity contribution in [2.75, 3.05) is 0 Å². The predicted molar refractivity (Wildman–Crippen MR) is 424 cm³/mol. The molecule has 0 nitrogen and oxygen atoms in total. The highest BCUT2D eigenvalue weighted by molar-refractivity contribution is 6.80. The van der Waals surface area contributed by atoms with Crippen LogP contribution in [-0.4, -0.2) is 267 Å². The summed E-state index contributed by atoms with van der Waals surface area (Å²) in [5.74, 6) is 0. The van der Waals surface area contributed by atoms with Crippen LogP contribution in [0.25, 0.3) is 120 Å². The maximum Gasteiger partial charge on any atom is 0.115 e. The molecule has 0 fully saturated rings. The van der Waals surface area contributed by atoms with Gasteiger partial charge < -0.3 is 0 Å². The summed E-state index contributed by atoms with van der Waals surface area (Å²) in [5, 5.41) is 2.06. The zero-order valence-corrected chi connectivity index (χ0v) is 47.6. The first-order chi connectivity index (χ1) is 42.0. The SMILES string of the molecule is [B]c1c([B])c([B])c(-c2c([B])c([B])c3c([B])c([B])c4c(-c5c([B])c([B])c(-c6c([B])c([B])c([B])c(-c7c([B])c([B])c(-c8c([B])c([B])c9c([B])c([B])c%10c([B])c([B])c([B])c%11c([B])c([B])c8c9c%10%11)c([B])c7[B])c6[B])c([B])c5[B])c([B])c([B])c5c([B])c([B])c2c3c54)c([B])c1[B]. The average molecular weight is 1040 g/mol. The molecule has 0 aliphatic heterocycles. The van der Waals surface area contributed by atoms with Crippen LogP contribution in [0.3, 0.4) is 0 Å². The molecule has 0 saturated heterocycles. The Balaban J connectivity index is 1.13. The van der Waals surface area contributed by atoms with E-state index in [4.69, 9.17) is 267 Å². The Bertz CT molecular complexity index is 5340. The van der Waals surface area contributed by atoms with Gasteiger partial charge in [-0.05, 0) is 120 Å². The van der Waals surface area contributed by atoms with Gasteiger partial charge in [-0.1, -0.05) is 158 Å². The summed E-state index contributed by atoms with van der Waals surface area (Å²) in [5.41, 5.74) is -6.20. The van der Waals surface area contributed by atoms with Crippen LogP contribution in [0.1, 0.15) is 0 Å². The zero-order valence-electron chi connectivity index (χ0n) is 47.6. The van der Waals surface area contributed by atoms with Gasteiger partial charge >= 0.3 is 0 Å². The number of hydrogen-bond acceptors (Lipinski definition) is 0. The molecule has 0 spiro atoms. The molecule has 12 aromatic rings. The van der Waals surface area contributed by atoms with Crippen molar-refractivity contribution in [3.8, 4) is 55.6 Å². The summed E-state index contributed by atoms with van der Waals surface area (Å²) < 4.78 is 0. The van der Waals surface area contributed by atoms with Crippen molar-refractivity contribution in [2.24, 2.45) is 0 Å². The molecule has 0 heterocycles. The second-order valence-corrected chi connectivity index (χ2v) is 22.3. The molecule has 12 rings (SSSR count). The molecular weight excluding hydrogens is 1040 g/mol. The maximum absolute atomic E-state index is 7.21. The molecule has 0 atom stereocenters. The molecule has 0 bridgehead atoms. The Labute approximate surface area is 568 Å². The van der Waals surface area contributed by atoms with E-state index in [2.05, 4.69) is 0 Å². The molecule has 0 amide bonds. The van der Waals surface area contributed by atoms with Crippen molar-refractivity contribution in [1.29, 1.82) is 0 Å². The van der Waals surface area contributed by atoms with Gasteiger partial charge in [0.2, 0.25) is 0 Å². The lowest BCUT2D eigenvalue weighted by atomic mass is 9.54. The van der Waals surface area contributed by atoms with E-state index in [9.17, 15) is 0 Å². The minimum Gasteiger partial charge on any atom is -0.112 e. The van der Waals surface area contributed by atoms with E-state index in [1.807, 2.05) is 0 Å². The normalized spacial score (nSPS) is 12.0. The van der Waals surface area contributed by atoms with Crippen LogP contribution < -0.4 is 186 Å². The van der Waals surface area contributed by atoms with Gasteiger partial charge in [0.15, 0.2) is 0 Å². The highest BCUT2D eigenvalue weighted by atomic mass is 14.3. The predicted octanol–water partition coefficient (Wildman–Crippen LogP) is -25.2. The van der Waals surface area contributed by atoms with E-state index in [0.717, 1.165) is 0 Å². The molecule has 68 radical (unpaired) electrons. The topological polar surface area (TPSA) is 0 Å². The fourth-order valence-electron chi connectivity index (χ4n) is 13.5. The Kier molecular flexibility index (Phi) is 15.7. The monoisotopic (exact) mass is 1050 g/mol. The molecule has 34 heteroatoms. The van der Waals surface area contributed by atoms with Gasteiger partial charge in [-0.25, -0.2) is 0 Å². The summed E-state index contributed by atoms with van der Waals surface area (Å²) in [6, 6.07) is 0. The lowest BCUT2D eigenvalue weighted by molar-refractivity contribution is 1.80. The molecule has 0 unspecified atom stereocenters. The minimum absolute atomic E-state index is 0.000254. The van der Waals surface area contributed by atoms with Crippen LogP contribution in [-0.2, 0) is 0 Å². The van der Waals surface area contributed by atoms with Gasteiger partial charge in [-0.2, -0.15) is 0 Å². The zero-order chi connectivity index (χ0) is 66.3. The molecule has 0 saturated carbocycles. The summed E-state index contributed by atoms with van der Waals surface area (Å²) >= 11 is 0. The Morgan fingerprint density at radius 3 is 0.389 bits per heavy atom. The Morgan fingerprint density at radius 2 is 0.167 bits per heavy atom. The maximum atomic E-state index is 7.21. The molecule has 0 N–H and O–H groups in total. The Morgan fingerprint density at radius 1 is 0.0667 bits per heavy atom. The molecule has 0 aromatic heterocycles. The first-order valence-corrected chi connectivity index (χ1v) is 26.6. The molecular formula is C56B34. The summed E-state index contributed by atoms with van der Waals surface area (Å²) in [7, 11) is 233. The average Bonchev–Trinajstić information content (AvgIpc) is 0.690. The third kappa shape index (κ3) is 8.05. The Hall–Kier alpha value is -5.07. The van der Waals surface area contributed by atoms with Gasteiger partial charge in [-0.3, -0.25) is 0 Å². The van der Waals surface area contributed by atoms with Gasteiger partial charge in [0.1, 0.15) is 267 Å². The van der Waals surface area contributed by atoms with Crippen LogP contribution in [0.15, 0.2) is 0 Å². The second-order valence-electron chi connectivity index (χ2n) is 22.3. The smallest absolute Gasteiger partial charge is 0.112 e. The van der Waals surface area contributed by atoms with E-state index in [0.29, 0.717) is 5.39 Å². The summed E-state index contributed by atoms with van der Waals surface area (Å²) in [6.07, 6.45) is 0. The fourth-order valence-corrected chi connectivity index (χ4v) is 13.5. The van der Waals surface area contributed by atoms with Crippen molar-refractivity contribution in [2.45, 2.75) is 0 Å². The number of benzene rings is 12. The van der Waals surface area contributed by atoms with E-state index in [1.165, 1.54) is 0 Å². The quantitative estimate of drug-likeness (QED) is 0.119. The van der Waals surface area contributed by atoms with E-state index in [1.54, 1.807) is 0 Å². The van der Waals surface area contributed by atoms with Gasteiger partial charge in [0, 0.05) is 0 Å². The molecule has 0 aliphatic rings. The van der Waals surface area contributed by atoms with Crippen LogP contribution in [0.4, 0.5) is 0 Å². The van der Waals surface area contributed by atoms with E-state index < -0.39 is 0 Å². The van der Waals surface area contributed by atoms with Crippen LogP contribution in [0.5, 0.6) is 0 Å². The van der Waals surface area contributed by atoms with Gasteiger partial charge in [0.25, 0.3) is 0 Å². The first-order valence-electron chi connectivity index (χ1n) is 26.6. The van der Waals surface area contributed by atoms with Crippen molar-refractivity contribution in [3.63, 3.8) is 0 Å². The molecule has 90 heavy (non-hydrogen) atoms. The van der Waals surface area contributed by atoms with Crippen molar-refractivity contribution >= 4 is 517 Å². The van der Waals surface area contributed by atoms with Gasteiger partial charge in [-0.15, -0.1) is 27.3 Å². The number of hydrogen-bond donors (Lipinski definition) is 0.